The second-order valence-electron chi connectivity index (χ2n) is 15.0. The molecule has 1 aliphatic carbocycles. The maximum Gasteiger partial charge on any atom is 0.336 e. The summed E-state index contributed by atoms with van der Waals surface area (Å²) in [7, 11) is 0. The van der Waals surface area contributed by atoms with Gasteiger partial charge in [-0.05, 0) is 84.6 Å². The van der Waals surface area contributed by atoms with Crippen molar-refractivity contribution in [2.75, 3.05) is 23.7 Å². The number of phenolic OH excluding ortho intramolecular Hbond substituents is 1. The van der Waals surface area contributed by atoms with Gasteiger partial charge in [-0.1, -0.05) is 66.9 Å². The lowest BCUT2D eigenvalue weighted by molar-refractivity contribution is -0.110. The van der Waals surface area contributed by atoms with Crippen LogP contribution in [0, 0.1) is 11.6 Å². The molecule has 8 rings (SSSR count). The van der Waals surface area contributed by atoms with Crippen molar-refractivity contribution >= 4 is 68.9 Å². The highest BCUT2D eigenvalue weighted by molar-refractivity contribution is 6.38. The van der Waals surface area contributed by atoms with E-state index in [-0.39, 0.29) is 56.4 Å². The number of anilines is 2. The highest BCUT2D eigenvalue weighted by atomic mass is 35.5. The number of hydrogen-bond acceptors (Lipinski definition) is 8. The van der Waals surface area contributed by atoms with Gasteiger partial charge in [0.1, 0.15) is 11.3 Å². The van der Waals surface area contributed by atoms with Crippen molar-refractivity contribution in [1.29, 1.82) is 0 Å². The molecule has 322 valence electrons. The van der Waals surface area contributed by atoms with E-state index in [1.54, 1.807) is 42.5 Å². The van der Waals surface area contributed by atoms with Gasteiger partial charge in [-0.25, -0.2) is 13.6 Å². The zero-order chi connectivity index (χ0) is 45.1. The van der Waals surface area contributed by atoms with Crippen molar-refractivity contribution in [3.63, 3.8) is 0 Å². The molecule has 0 aromatic heterocycles. The lowest BCUT2D eigenvalue weighted by Gasteiger charge is -2.17. The molecule has 0 fully saturated rings. The Bertz CT molecular complexity index is 3060. The Kier molecular flexibility index (Phi) is 12.2. The molecule has 2 heterocycles. The Hall–Kier alpha value is -7.84. The lowest BCUT2D eigenvalue weighted by Crippen LogP contribution is -2.25. The van der Waals surface area contributed by atoms with Gasteiger partial charge in [0, 0.05) is 69.1 Å². The fourth-order valence-electron chi connectivity index (χ4n) is 7.61. The van der Waals surface area contributed by atoms with Gasteiger partial charge in [-0.3, -0.25) is 19.2 Å². The summed E-state index contributed by atoms with van der Waals surface area (Å²) in [5, 5.41) is 32.7. The van der Waals surface area contributed by atoms with E-state index in [2.05, 4.69) is 21.3 Å². The van der Waals surface area contributed by atoms with Crippen molar-refractivity contribution < 1.29 is 42.6 Å². The molecule has 0 saturated carbocycles. The molecule has 0 saturated heterocycles. The fourth-order valence-corrected chi connectivity index (χ4v) is 7.78. The molecule has 5 aromatic carbocycles. The minimum Gasteiger partial charge on any atom is -0.505 e. The smallest absolute Gasteiger partial charge is 0.336 e. The summed E-state index contributed by atoms with van der Waals surface area (Å²) in [4.78, 5) is 63.9. The number of halogens is 3. The summed E-state index contributed by atoms with van der Waals surface area (Å²) in [6.45, 7) is 0.718. The van der Waals surface area contributed by atoms with Crippen LogP contribution in [0.4, 0.5) is 20.2 Å². The summed E-state index contributed by atoms with van der Waals surface area (Å²) in [6, 6.07) is 29.2. The third-order valence-corrected chi connectivity index (χ3v) is 11.0. The van der Waals surface area contributed by atoms with Gasteiger partial charge in [0.05, 0.1) is 22.5 Å². The minimum atomic E-state index is -1.42. The third kappa shape index (κ3) is 8.90. The molecule has 0 radical (unpaired) electrons. The molecule has 3 amide bonds. The average Bonchev–Trinajstić information content (AvgIpc) is 3.61. The largest absolute Gasteiger partial charge is 0.505 e. The van der Waals surface area contributed by atoms with Gasteiger partial charge in [0.15, 0.2) is 17.4 Å². The van der Waals surface area contributed by atoms with Crippen LogP contribution in [-0.2, 0) is 4.79 Å². The number of fused-ring (bicyclic) bond motifs is 3. The predicted molar refractivity (Wildman–Crippen MR) is 240 cm³/mol. The summed E-state index contributed by atoms with van der Waals surface area (Å²) >= 11 is 6.17. The number of amides is 3. The molecule has 15 heteroatoms. The molecule has 64 heavy (non-hydrogen) atoms. The van der Waals surface area contributed by atoms with Crippen molar-refractivity contribution in [2.45, 2.75) is 25.7 Å². The predicted octanol–water partition coefficient (Wildman–Crippen LogP) is 9.55. The van der Waals surface area contributed by atoms with E-state index >= 15 is 0 Å². The number of phenols is 1. The first-order valence-electron chi connectivity index (χ1n) is 20.2. The Labute approximate surface area is 368 Å². The highest BCUT2D eigenvalue weighted by Crippen LogP contribution is 2.43. The zero-order valence-electron chi connectivity index (χ0n) is 33.7. The monoisotopic (exact) mass is 882 g/mol. The normalized spacial score (nSPS) is 12.8. The van der Waals surface area contributed by atoms with Crippen LogP contribution < -0.4 is 26.7 Å². The number of aromatic carboxylic acids is 1. The van der Waals surface area contributed by atoms with Crippen LogP contribution in [0.3, 0.4) is 0 Å². The summed E-state index contributed by atoms with van der Waals surface area (Å²) < 4.78 is 34.8. The molecule has 12 nitrogen and oxygen atoms in total. The Balaban J connectivity index is 0.839. The van der Waals surface area contributed by atoms with Crippen molar-refractivity contribution in [3.05, 3.63) is 170 Å². The quantitative estimate of drug-likeness (QED) is 0.0351. The standard InChI is InChI=1S/C49H37ClF2N4O8/c50-29-13-17-32-38(21-29)56-48(61)44(32)45(26-8-4-3-5-9-26)55-30-14-10-27(11-15-30)46(59)53-18-6-1-2-7-19-54-47(60)28-12-16-31(33(20-28)49(62)63)43-34-22-36(51)39(57)24-41(34)64-42-25-40(58)37(52)23-35(42)43/h3-5,8-17,20-25,55,57H,1-2,6-7,18-19H2,(H,53,59)(H,54,60)(H,56,61)(H,62,63)/b45-44-. The number of nitrogens with one attached hydrogen (secondary N) is 4. The van der Waals surface area contributed by atoms with Crippen LogP contribution in [0.15, 0.2) is 124 Å². The number of carboxylic acid groups (broad SMARTS) is 1. The van der Waals surface area contributed by atoms with E-state index in [0.717, 1.165) is 54.3 Å². The molecule has 0 spiro atoms. The third-order valence-electron chi connectivity index (χ3n) is 10.8. The number of carbonyl (C=O) groups is 4. The van der Waals surface area contributed by atoms with Crippen LogP contribution in [0.25, 0.3) is 44.7 Å². The van der Waals surface area contributed by atoms with E-state index < -0.39 is 34.7 Å². The number of carboxylic acids is 1. The van der Waals surface area contributed by atoms with Crippen LogP contribution in [0.5, 0.6) is 5.75 Å². The number of aromatic hydroxyl groups is 1. The maximum atomic E-state index is 14.6. The van der Waals surface area contributed by atoms with Crippen LogP contribution in [-0.4, -0.2) is 47.0 Å². The van der Waals surface area contributed by atoms with Crippen LogP contribution in [0.2, 0.25) is 5.02 Å². The van der Waals surface area contributed by atoms with Crippen LogP contribution >= 0.6 is 11.6 Å². The number of benzene rings is 6. The van der Waals surface area contributed by atoms with E-state index in [0.29, 0.717) is 59.2 Å². The molecule has 0 unspecified atom stereocenters. The topological polar surface area (TPSA) is 187 Å². The lowest BCUT2D eigenvalue weighted by atomic mass is 9.89. The SMILES string of the molecule is O=C1Nc2cc(Cl)ccc2/C1=C(/Nc1ccc(C(=O)NCCCCCCNC(=O)c2ccc(-c3c4cc(F)c(=O)cc-4oc4cc(O)c(F)cc34)c(C(=O)O)c2)cc1)c1ccccc1. The first kappa shape index (κ1) is 42.8. The molecule has 5 aromatic rings. The molecule has 0 atom stereocenters. The number of carbonyl (C=O) groups excluding carboxylic acids is 3. The Morgan fingerprint density at radius 3 is 2.06 bits per heavy atom. The number of hydrogen-bond donors (Lipinski definition) is 6. The van der Waals surface area contributed by atoms with Gasteiger partial charge in [0.25, 0.3) is 17.7 Å². The summed E-state index contributed by atoms with van der Waals surface area (Å²) in [6.07, 6.45) is 2.79. The van der Waals surface area contributed by atoms with Gasteiger partial charge < -0.3 is 35.9 Å². The molecule has 2 aliphatic heterocycles. The average molecular weight is 883 g/mol. The Morgan fingerprint density at radius 2 is 1.36 bits per heavy atom. The van der Waals surface area contributed by atoms with E-state index in [1.165, 1.54) is 12.1 Å². The minimum absolute atomic E-state index is 0.000868. The van der Waals surface area contributed by atoms with E-state index in [9.17, 15) is 43.0 Å². The van der Waals surface area contributed by atoms with Crippen LogP contribution in [0.1, 0.15) is 67.9 Å². The van der Waals surface area contributed by atoms with Gasteiger partial charge in [-0.15, -0.1) is 0 Å². The maximum absolute atomic E-state index is 14.6. The van der Waals surface area contributed by atoms with Crippen molar-refractivity contribution in [3.8, 4) is 28.2 Å². The van der Waals surface area contributed by atoms with Crippen molar-refractivity contribution in [2.24, 2.45) is 0 Å². The second-order valence-corrected chi connectivity index (χ2v) is 15.4. The van der Waals surface area contributed by atoms with E-state index in [1.807, 2.05) is 30.3 Å². The fraction of sp³-hybridized carbons (Fsp3) is 0.122. The molecule has 3 aliphatic rings. The highest BCUT2D eigenvalue weighted by Gasteiger charge is 2.29. The number of rotatable bonds is 14. The Morgan fingerprint density at radius 1 is 0.688 bits per heavy atom. The molecule has 6 N–H and O–H groups in total. The first-order valence-corrected chi connectivity index (χ1v) is 20.5. The van der Waals surface area contributed by atoms with Gasteiger partial charge in [-0.2, -0.15) is 0 Å². The first-order chi connectivity index (χ1) is 30.9. The van der Waals surface area contributed by atoms with E-state index in [4.69, 9.17) is 16.0 Å². The van der Waals surface area contributed by atoms with Crippen molar-refractivity contribution in [1.82, 2.24) is 10.6 Å². The van der Waals surface area contributed by atoms with Gasteiger partial charge in [0.2, 0.25) is 5.43 Å². The number of unbranched alkanes of at least 4 members (excludes halogenated alkanes) is 3. The van der Waals surface area contributed by atoms with Gasteiger partial charge >= 0.3 is 5.97 Å². The molecular weight excluding hydrogens is 846 g/mol. The molecular formula is C49H37ClF2N4O8. The summed E-state index contributed by atoms with van der Waals surface area (Å²) in [5.41, 5.74) is 2.98. The second kappa shape index (κ2) is 18.2. The molecule has 0 bridgehead atoms. The summed E-state index contributed by atoms with van der Waals surface area (Å²) in [5.74, 6) is -5.52. The zero-order valence-corrected chi connectivity index (χ0v) is 34.4.